The molecule has 2 rings (SSSR count). The minimum absolute atomic E-state index is 0.794. The summed E-state index contributed by atoms with van der Waals surface area (Å²) >= 11 is 6.16. The van der Waals surface area contributed by atoms with Crippen molar-refractivity contribution < 1.29 is 4.74 Å². The van der Waals surface area contributed by atoms with E-state index in [1.807, 2.05) is 19.2 Å². The highest BCUT2D eigenvalue weighted by molar-refractivity contribution is 6.31. The average Bonchev–Trinajstić information content (AvgIpc) is 2.64. The molecule has 0 radical (unpaired) electrons. The third kappa shape index (κ3) is 1.72. The molecule has 3 heteroatoms. The van der Waals surface area contributed by atoms with E-state index in [0.29, 0.717) is 0 Å². The van der Waals surface area contributed by atoms with Gasteiger partial charge in [0, 0.05) is 17.0 Å². The second kappa shape index (κ2) is 4.20. The average molecular weight is 212 g/mol. The lowest BCUT2D eigenvalue weighted by molar-refractivity contribution is 0.357. The van der Waals surface area contributed by atoms with Gasteiger partial charge < -0.3 is 10.1 Å². The van der Waals surface area contributed by atoms with Gasteiger partial charge in [0.05, 0.1) is 6.61 Å². The summed E-state index contributed by atoms with van der Waals surface area (Å²) in [6, 6.07) is 3.89. The van der Waals surface area contributed by atoms with E-state index in [4.69, 9.17) is 16.3 Å². The molecule has 1 aromatic rings. The lowest BCUT2D eigenvalue weighted by Gasteiger charge is -2.08. The second-order valence-corrected chi connectivity index (χ2v) is 3.86. The molecule has 1 N–H and O–H groups in total. The van der Waals surface area contributed by atoms with Gasteiger partial charge in [0.25, 0.3) is 0 Å². The van der Waals surface area contributed by atoms with Crippen LogP contribution in [0.1, 0.15) is 11.1 Å². The van der Waals surface area contributed by atoms with Crippen molar-refractivity contribution in [3.8, 4) is 5.75 Å². The molecule has 1 aliphatic rings. The van der Waals surface area contributed by atoms with Gasteiger partial charge in [-0.05, 0) is 37.7 Å². The first-order valence-corrected chi connectivity index (χ1v) is 5.28. The number of benzene rings is 1. The third-order valence-corrected chi connectivity index (χ3v) is 2.92. The lowest BCUT2D eigenvalue weighted by atomic mass is 10.0. The molecule has 0 amide bonds. The fourth-order valence-corrected chi connectivity index (χ4v) is 2.11. The molecule has 0 aliphatic carbocycles. The summed E-state index contributed by atoms with van der Waals surface area (Å²) in [5.74, 6) is 1.01. The smallest absolute Gasteiger partial charge is 0.123 e. The van der Waals surface area contributed by atoms with Crippen LogP contribution in [0.5, 0.6) is 5.75 Å². The predicted molar refractivity (Wildman–Crippen MR) is 58.3 cm³/mol. The first-order chi connectivity index (χ1) is 6.83. The van der Waals surface area contributed by atoms with Gasteiger partial charge in [0.15, 0.2) is 0 Å². The van der Waals surface area contributed by atoms with Gasteiger partial charge in [0.1, 0.15) is 5.75 Å². The van der Waals surface area contributed by atoms with Crippen molar-refractivity contribution >= 4 is 11.6 Å². The molecular weight excluding hydrogens is 198 g/mol. The summed E-state index contributed by atoms with van der Waals surface area (Å²) in [6.45, 7) is 1.75. The molecule has 0 saturated carbocycles. The SMILES string of the molecule is CNCCc1c(Cl)ccc2c1CCO2. The number of ether oxygens (including phenoxy) is 1. The van der Waals surface area contributed by atoms with Gasteiger partial charge in [-0.25, -0.2) is 0 Å². The Kier molecular flexibility index (Phi) is 2.94. The van der Waals surface area contributed by atoms with E-state index in [-0.39, 0.29) is 0 Å². The molecule has 76 valence electrons. The number of fused-ring (bicyclic) bond motifs is 1. The number of likely N-dealkylation sites (N-methyl/N-ethyl adjacent to an activating group) is 1. The molecule has 0 fully saturated rings. The Labute approximate surface area is 89.2 Å². The van der Waals surface area contributed by atoms with Crippen molar-refractivity contribution in [1.82, 2.24) is 5.32 Å². The van der Waals surface area contributed by atoms with Gasteiger partial charge in [-0.2, -0.15) is 0 Å². The van der Waals surface area contributed by atoms with E-state index in [9.17, 15) is 0 Å². The molecule has 1 aliphatic heterocycles. The zero-order valence-electron chi connectivity index (χ0n) is 8.27. The largest absolute Gasteiger partial charge is 0.493 e. The van der Waals surface area contributed by atoms with E-state index in [0.717, 1.165) is 36.8 Å². The topological polar surface area (TPSA) is 21.3 Å². The lowest BCUT2D eigenvalue weighted by Crippen LogP contribution is -2.11. The van der Waals surface area contributed by atoms with Crippen LogP contribution in [-0.2, 0) is 12.8 Å². The highest BCUT2D eigenvalue weighted by Crippen LogP contribution is 2.33. The van der Waals surface area contributed by atoms with Crippen molar-refractivity contribution in [3.05, 3.63) is 28.3 Å². The van der Waals surface area contributed by atoms with Crippen LogP contribution in [0.25, 0.3) is 0 Å². The van der Waals surface area contributed by atoms with Crippen molar-refractivity contribution in [1.29, 1.82) is 0 Å². The van der Waals surface area contributed by atoms with E-state index >= 15 is 0 Å². The van der Waals surface area contributed by atoms with Crippen molar-refractivity contribution in [2.75, 3.05) is 20.2 Å². The summed E-state index contributed by atoms with van der Waals surface area (Å²) < 4.78 is 5.50. The summed E-state index contributed by atoms with van der Waals surface area (Å²) in [4.78, 5) is 0. The first-order valence-electron chi connectivity index (χ1n) is 4.90. The van der Waals surface area contributed by atoms with Gasteiger partial charge in [-0.15, -0.1) is 0 Å². The van der Waals surface area contributed by atoms with E-state index in [1.54, 1.807) is 0 Å². The number of nitrogens with one attached hydrogen (secondary N) is 1. The van der Waals surface area contributed by atoms with Gasteiger partial charge >= 0.3 is 0 Å². The Bertz CT molecular complexity index is 338. The molecule has 14 heavy (non-hydrogen) atoms. The molecular formula is C11H14ClNO. The van der Waals surface area contributed by atoms with Crippen molar-refractivity contribution in [3.63, 3.8) is 0 Å². The number of halogens is 1. The summed E-state index contributed by atoms with van der Waals surface area (Å²) in [6.07, 6.45) is 1.97. The van der Waals surface area contributed by atoms with Crippen molar-refractivity contribution in [2.24, 2.45) is 0 Å². The summed E-state index contributed by atoms with van der Waals surface area (Å²) in [7, 11) is 1.95. The van der Waals surface area contributed by atoms with Crippen LogP contribution in [0.2, 0.25) is 5.02 Å². The Morgan fingerprint density at radius 3 is 3.14 bits per heavy atom. The van der Waals surface area contributed by atoms with Gasteiger partial charge in [-0.3, -0.25) is 0 Å². The second-order valence-electron chi connectivity index (χ2n) is 3.45. The molecule has 2 nitrogen and oxygen atoms in total. The number of hydrogen-bond acceptors (Lipinski definition) is 2. The standard InChI is InChI=1S/C11H14ClNO/c1-13-6-4-8-9-5-7-14-11(9)3-2-10(8)12/h2-3,13H,4-7H2,1H3. The Hall–Kier alpha value is -0.730. The Morgan fingerprint density at radius 1 is 1.50 bits per heavy atom. The third-order valence-electron chi connectivity index (χ3n) is 2.57. The molecule has 0 unspecified atom stereocenters. The molecule has 1 heterocycles. The maximum atomic E-state index is 6.16. The molecule has 0 spiro atoms. The minimum atomic E-state index is 0.794. The van der Waals surface area contributed by atoms with Crippen LogP contribution in [0, 0.1) is 0 Å². The zero-order valence-corrected chi connectivity index (χ0v) is 9.03. The maximum absolute atomic E-state index is 6.16. The van der Waals surface area contributed by atoms with Crippen molar-refractivity contribution in [2.45, 2.75) is 12.8 Å². The van der Waals surface area contributed by atoms with Gasteiger partial charge in [-0.1, -0.05) is 11.6 Å². The highest BCUT2D eigenvalue weighted by atomic mass is 35.5. The molecule has 0 bridgehead atoms. The van der Waals surface area contributed by atoms with Crippen LogP contribution < -0.4 is 10.1 Å². The van der Waals surface area contributed by atoms with E-state index < -0.39 is 0 Å². The number of hydrogen-bond donors (Lipinski definition) is 1. The fraction of sp³-hybridized carbons (Fsp3) is 0.455. The van der Waals surface area contributed by atoms with E-state index in [1.165, 1.54) is 11.1 Å². The van der Waals surface area contributed by atoms with Crippen LogP contribution in [0.3, 0.4) is 0 Å². The monoisotopic (exact) mass is 211 g/mol. The number of rotatable bonds is 3. The summed E-state index contributed by atoms with van der Waals surface area (Å²) in [5.41, 5.74) is 2.55. The predicted octanol–water partition coefficient (Wildman–Crippen LogP) is 2.04. The van der Waals surface area contributed by atoms with Gasteiger partial charge in [0.2, 0.25) is 0 Å². The highest BCUT2D eigenvalue weighted by Gasteiger charge is 2.17. The molecule has 0 atom stereocenters. The molecule has 1 aromatic carbocycles. The van der Waals surface area contributed by atoms with Crippen LogP contribution in [0.15, 0.2) is 12.1 Å². The Morgan fingerprint density at radius 2 is 2.36 bits per heavy atom. The fourth-order valence-electron chi connectivity index (χ4n) is 1.84. The molecule has 0 aromatic heterocycles. The maximum Gasteiger partial charge on any atom is 0.123 e. The molecule has 0 saturated heterocycles. The first kappa shape index (κ1) is 9.81. The quantitative estimate of drug-likeness (QED) is 0.826. The normalized spacial score (nSPS) is 13.9. The van der Waals surface area contributed by atoms with Crippen LogP contribution in [-0.4, -0.2) is 20.2 Å². The van der Waals surface area contributed by atoms with E-state index in [2.05, 4.69) is 5.32 Å². The Balaban J connectivity index is 2.31. The van der Waals surface area contributed by atoms with Crippen LogP contribution in [0.4, 0.5) is 0 Å². The summed E-state index contributed by atoms with van der Waals surface area (Å²) in [5, 5.41) is 4.00. The van der Waals surface area contributed by atoms with Crippen LogP contribution >= 0.6 is 11.6 Å². The zero-order chi connectivity index (χ0) is 9.97. The minimum Gasteiger partial charge on any atom is -0.493 e.